The minimum Gasteiger partial charge on any atom is -0.481 e. The van der Waals surface area contributed by atoms with Crippen LogP contribution < -0.4 is 0 Å². The van der Waals surface area contributed by atoms with Gasteiger partial charge in [-0.25, -0.2) is 0 Å². The zero-order valence-corrected chi connectivity index (χ0v) is 13.4. The van der Waals surface area contributed by atoms with Crippen LogP contribution in [0, 0.1) is 0 Å². The van der Waals surface area contributed by atoms with Crippen molar-refractivity contribution in [2.45, 2.75) is 19.3 Å². The minimum absolute atomic E-state index is 0.264. The molecule has 1 N–H and O–H groups in total. The molecule has 0 fully saturated rings. The lowest BCUT2D eigenvalue weighted by molar-refractivity contribution is -0.133. The van der Waals surface area contributed by atoms with Gasteiger partial charge in [-0.15, -0.1) is 0 Å². The van der Waals surface area contributed by atoms with Crippen molar-refractivity contribution in [2.24, 2.45) is 0 Å². The van der Waals surface area contributed by atoms with Crippen molar-refractivity contribution < 1.29 is 14.1 Å². The molecule has 2 atom stereocenters. The molecule has 0 bridgehead atoms. The van der Waals surface area contributed by atoms with Crippen LogP contribution in [0.4, 0.5) is 0 Å². The zero-order chi connectivity index (χ0) is 15.9. The Morgan fingerprint density at radius 1 is 1.05 bits per heavy atom. The number of benzene rings is 2. The van der Waals surface area contributed by atoms with E-state index in [9.17, 15) is 9.00 Å². The van der Waals surface area contributed by atoms with E-state index >= 15 is 0 Å². The molecule has 3 nitrogen and oxygen atoms in total. The molecule has 2 unspecified atom stereocenters. The summed E-state index contributed by atoms with van der Waals surface area (Å²) in [6.07, 6.45) is 0.727. The first-order chi connectivity index (χ1) is 10.6. The van der Waals surface area contributed by atoms with E-state index in [0.717, 1.165) is 6.42 Å². The van der Waals surface area contributed by atoms with E-state index in [-0.39, 0.29) is 11.7 Å². The Hall–Kier alpha value is -1.94. The van der Waals surface area contributed by atoms with Gasteiger partial charge in [0, 0.05) is 16.6 Å². The molecule has 0 aliphatic rings. The van der Waals surface area contributed by atoms with Gasteiger partial charge in [-0.05, 0) is 29.0 Å². The summed E-state index contributed by atoms with van der Waals surface area (Å²) in [6, 6.07) is 18.6. The van der Waals surface area contributed by atoms with Gasteiger partial charge in [0.2, 0.25) is 0 Å². The van der Waals surface area contributed by atoms with Crippen LogP contribution in [0.2, 0.25) is 0 Å². The first-order valence-corrected chi connectivity index (χ1v) is 8.77. The number of hydrogen-bond acceptors (Lipinski definition) is 2. The Bertz CT molecular complexity index is 635. The smallest absolute Gasteiger partial charge is 0.316 e. The van der Waals surface area contributed by atoms with E-state index in [0.29, 0.717) is 5.75 Å². The summed E-state index contributed by atoms with van der Waals surface area (Å²) >= 11 is 0. The molecule has 2 aromatic carbocycles. The van der Waals surface area contributed by atoms with Crippen molar-refractivity contribution in [3.8, 4) is 11.1 Å². The van der Waals surface area contributed by atoms with Gasteiger partial charge in [0.25, 0.3) is 0 Å². The van der Waals surface area contributed by atoms with E-state index in [1.54, 1.807) is 0 Å². The van der Waals surface area contributed by atoms with Crippen LogP contribution in [0.25, 0.3) is 11.1 Å². The molecule has 22 heavy (non-hydrogen) atoms. The molecule has 0 aliphatic carbocycles. The molecular weight excluding hydrogens is 296 g/mol. The number of carboxylic acids is 1. The Kier molecular flexibility index (Phi) is 5.90. The van der Waals surface area contributed by atoms with Crippen LogP contribution in [0.1, 0.15) is 24.8 Å². The number of hydrogen-bond donors (Lipinski definition) is 1. The number of rotatable bonds is 7. The summed E-state index contributed by atoms with van der Waals surface area (Å²) in [5.41, 5.74) is 3.54. The Morgan fingerprint density at radius 2 is 1.64 bits per heavy atom. The minimum atomic E-state index is -1.28. The molecule has 2 rings (SSSR count). The van der Waals surface area contributed by atoms with Crippen molar-refractivity contribution in [1.29, 1.82) is 0 Å². The second-order valence-electron chi connectivity index (χ2n) is 5.36. The highest BCUT2D eigenvalue weighted by Gasteiger charge is 2.10. The molecule has 0 saturated heterocycles. The van der Waals surface area contributed by atoms with Gasteiger partial charge < -0.3 is 5.11 Å². The maximum absolute atomic E-state index is 11.6. The average molecular weight is 316 g/mol. The Labute approximate surface area is 133 Å². The van der Waals surface area contributed by atoms with Crippen LogP contribution in [0.15, 0.2) is 54.6 Å². The molecule has 0 heterocycles. The summed E-state index contributed by atoms with van der Waals surface area (Å²) in [5.74, 6) is -0.575. The van der Waals surface area contributed by atoms with Crippen molar-refractivity contribution in [1.82, 2.24) is 0 Å². The maximum Gasteiger partial charge on any atom is 0.316 e. The van der Waals surface area contributed by atoms with Gasteiger partial charge in [0.15, 0.2) is 0 Å². The monoisotopic (exact) mass is 316 g/mol. The van der Waals surface area contributed by atoms with Crippen molar-refractivity contribution in [3.63, 3.8) is 0 Å². The SMILES string of the molecule is CC(CCS(=O)CC(=O)O)c1ccc(-c2ccccc2)cc1. The molecule has 0 radical (unpaired) electrons. The number of carbonyl (C=O) groups is 1. The molecule has 116 valence electrons. The van der Waals surface area contributed by atoms with Crippen LogP contribution in [-0.2, 0) is 15.6 Å². The van der Waals surface area contributed by atoms with Crippen LogP contribution in [0.5, 0.6) is 0 Å². The molecule has 0 amide bonds. The predicted octanol–water partition coefficient (Wildman–Crippen LogP) is 3.68. The van der Waals surface area contributed by atoms with Crippen molar-refractivity contribution in [2.75, 3.05) is 11.5 Å². The molecule has 2 aromatic rings. The molecule has 0 aromatic heterocycles. The third kappa shape index (κ3) is 4.81. The highest BCUT2D eigenvalue weighted by molar-refractivity contribution is 7.85. The second kappa shape index (κ2) is 7.90. The fraction of sp³-hybridized carbons (Fsp3) is 0.278. The predicted molar refractivity (Wildman–Crippen MR) is 90.4 cm³/mol. The highest BCUT2D eigenvalue weighted by Crippen LogP contribution is 2.24. The summed E-state index contributed by atoms with van der Waals surface area (Å²) in [5, 5.41) is 8.61. The van der Waals surface area contributed by atoms with Gasteiger partial charge in [0.1, 0.15) is 5.75 Å². The van der Waals surface area contributed by atoms with Crippen LogP contribution >= 0.6 is 0 Å². The lowest BCUT2D eigenvalue weighted by Crippen LogP contribution is -2.13. The third-order valence-electron chi connectivity index (χ3n) is 3.65. The van der Waals surface area contributed by atoms with Gasteiger partial charge in [0.05, 0.1) is 0 Å². The molecule has 0 spiro atoms. The largest absolute Gasteiger partial charge is 0.481 e. The molecule has 4 heteroatoms. The third-order valence-corrected chi connectivity index (χ3v) is 4.91. The van der Waals surface area contributed by atoms with E-state index in [1.165, 1.54) is 16.7 Å². The van der Waals surface area contributed by atoms with Crippen molar-refractivity contribution >= 4 is 16.8 Å². The van der Waals surface area contributed by atoms with Crippen LogP contribution in [0.3, 0.4) is 0 Å². The number of carboxylic acid groups (broad SMARTS) is 1. The zero-order valence-electron chi connectivity index (χ0n) is 12.6. The van der Waals surface area contributed by atoms with E-state index in [4.69, 9.17) is 5.11 Å². The molecular formula is C18H20O3S. The Balaban J connectivity index is 1.95. The van der Waals surface area contributed by atoms with Gasteiger partial charge in [-0.1, -0.05) is 61.5 Å². The standard InChI is InChI=1S/C18H20O3S/c1-14(11-12-22(21)13-18(19)20)15-7-9-17(10-8-15)16-5-3-2-4-6-16/h2-10,14H,11-13H2,1H3,(H,19,20). The molecule has 0 saturated carbocycles. The van der Waals surface area contributed by atoms with E-state index in [2.05, 4.69) is 43.3 Å². The lowest BCUT2D eigenvalue weighted by atomic mass is 9.96. The van der Waals surface area contributed by atoms with Gasteiger partial charge >= 0.3 is 5.97 Å². The molecule has 0 aliphatic heterocycles. The first-order valence-electron chi connectivity index (χ1n) is 7.28. The Morgan fingerprint density at radius 3 is 2.23 bits per heavy atom. The summed E-state index contributed by atoms with van der Waals surface area (Å²) in [6.45, 7) is 2.08. The normalized spacial score (nSPS) is 13.5. The van der Waals surface area contributed by atoms with Gasteiger partial charge in [-0.3, -0.25) is 9.00 Å². The fourth-order valence-corrected chi connectivity index (χ4v) is 3.36. The summed E-state index contributed by atoms with van der Waals surface area (Å²) < 4.78 is 11.6. The topological polar surface area (TPSA) is 54.4 Å². The maximum atomic E-state index is 11.6. The second-order valence-corrected chi connectivity index (χ2v) is 6.94. The highest BCUT2D eigenvalue weighted by atomic mass is 32.2. The average Bonchev–Trinajstić information content (AvgIpc) is 2.53. The van der Waals surface area contributed by atoms with Crippen LogP contribution in [-0.4, -0.2) is 26.8 Å². The van der Waals surface area contributed by atoms with Gasteiger partial charge in [-0.2, -0.15) is 0 Å². The fourth-order valence-electron chi connectivity index (χ4n) is 2.32. The van der Waals surface area contributed by atoms with Crippen molar-refractivity contribution in [3.05, 3.63) is 60.2 Å². The van der Waals surface area contributed by atoms with E-state index < -0.39 is 16.8 Å². The summed E-state index contributed by atoms with van der Waals surface area (Å²) in [7, 11) is -1.28. The number of aliphatic carboxylic acids is 1. The summed E-state index contributed by atoms with van der Waals surface area (Å²) in [4.78, 5) is 10.5. The lowest BCUT2D eigenvalue weighted by Gasteiger charge is -2.12. The van der Waals surface area contributed by atoms with E-state index in [1.807, 2.05) is 18.2 Å². The quantitative estimate of drug-likeness (QED) is 0.848. The first kappa shape index (κ1) is 16.4.